The SMILES string of the molecule is COc1ccc([C@@H](N)C2CCOCC2)c2ccccc12.Cl. The van der Waals surface area contributed by atoms with E-state index in [2.05, 4.69) is 24.3 Å². The summed E-state index contributed by atoms with van der Waals surface area (Å²) in [4.78, 5) is 0. The number of hydrogen-bond donors (Lipinski definition) is 1. The van der Waals surface area contributed by atoms with Gasteiger partial charge >= 0.3 is 0 Å². The van der Waals surface area contributed by atoms with Gasteiger partial charge in [-0.3, -0.25) is 0 Å². The van der Waals surface area contributed by atoms with Crippen molar-refractivity contribution in [2.24, 2.45) is 11.7 Å². The van der Waals surface area contributed by atoms with Gasteiger partial charge in [0.2, 0.25) is 0 Å². The van der Waals surface area contributed by atoms with Gasteiger partial charge in [0.05, 0.1) is 7.11 Å². The van der Waals surface area contributed by atoms with Crippen LogP contribution in [0.15, 0.2) is 36.4 Å². The molecule has 2 aromatic carbocycles. The first-order valence-corrected chi connectivity index (χ1v) is 7.20. The molecule has 1 heterocycles. The number of halogens is 1. The van der Waals surface area contributed by atoms with Crippen molar-refractivity contribution < 1.29 is 9.47 Å². The smallest absolute Gasteiger partial charge is 0.126 e. The fraction of sp³-hybridized carbons (Fsp3) is 0.412. The van der Waals surface area contributed by atoms with Crippen LogP contribution in [0.5, 0.6) is 5.75 Å². The number of methoxy groups -OCH3 is 1. The lowest BCUT2D eigenvalue weighted by Crippen LogP contribution is -2.27. The molecule has 0 saturated carbocycles. The first-order chi connectivity index (χ1) is 9.81. The van der Waals surface area contributed by atoms with Gasteiger partial charge in [-0.25, -0.2) is 0 Å². The molecule has 21 heavy (non-hydrogen) atoms. The molecule has 0 amide bonds. The van der Waals surface area contributed by atoms with Crippen LogP contribution in [0.4, 0.5) is 0 Å². The molecule has 0 aromatic heterocycles. The van der Waals surface area contributed by atoms with Gasteiger partial charge < -0.3 is 15.2 Å². The van der Waals surface area contributed by atoms with Crippen LogP contribution in [0.2, 0.25) is 0 Å². The quantitative estimate of drug-likeness (QED) is 0.940. The predicted molar refractivity (Wildman–Crippen MR) is 88.2 cm³/mol. The fourth-order valence-electron chi connectivity index (χ4n) is 3.09. The molecular weight excluding hydrogens is 286 g/mol. The van der Waals surface area contributed by atoms with Gasteiger partial charge in [-0.1, -0.05) is 30.3 Å². The van der Waals surface area contributed by atoms with Crippen molar-refractivity contribution in [3.05, 3.63) is 42.0 Å². The highest BCUT2D eigenvalue weighted by Crippen LogP contribution is 2.35. The third kappa shape index (κ3) is 3.15. The third-order valence-electron chi connectivity index (χ3n) is 4.27. The van der Waals surface area contributed by atoms with Crippen molar-refractivity contribution in [1.82, 2.24) is 0 Å². The Bertz CT molecular complexity index is 596. The largest absolute Gasteiger partial charge is 0.496 e. The zero-order valence-electron chi connectivity index (χ0n) is 12.2. The molecule has 0 radical (unpaired) electrons. The summed E-state index contributed by atoms with van der Waals surface area (Å²) in [5.74, 6) is 1.41. The van der Waals surface area contributed by atoms with Crippen LogP contribution in [0.25, 0.3) is 10.8 Å². The monoisotopic (exact) mass is 307 g/mol. The second-order valence-corrected chi connectivity index (χ2v) is 5.38. The van der Waals surface area contributed by atoms with E-state index in [0.29, 0.717) is 5.92 Å². The Morgan fingerprint density at radius 1 is 1.10 bits per heavy atom. The molecule has 2 N–H and O–H groups in total. The zero-order valence-corrected chi connectivity index (χ0v) is 13.1. The van der Waals surface area contributed by atoms with E-state index in [1.807, 2.05) is 12.1 Å². The molecule has 3 rings (SSSR count). The van der Waals surface area contributed by atoms with E-state index in [0.717, 1.165) is 37.2 Å². The summed E-state index contributed by atoms with van der Waals surface area (Å²) < 4.78 is 10.9. The van der Waals surface area contributed by atoms with Crippen molar-refractivity contribution in [3.8, 4) is 5.75 Å². The maximum Gasteiger partial charge on any atom is 0.126 e. The number of rotatable bonds is 3. The molecule has 1 aliphatic rings. The summed E-state index contributed by atoms with van der Waals surface area (Å²) in [5, 5.41) is 2.33. The van der Waals surface area contributed by atoms with Crippen LogP contribution in [-0.2, 0) is 4.74 Å². The molecular formula is C17H22ClNO2. The predicted octanol–water partition coefficient (Wildman–Crippen LogP) is 3.70. The lowest BCUT2D eigenvalue weighted by molar-refractivity contribution is 0.0585. The Morgan fingerprint density at radius 2 is 1.76 bits per heavy atom. The van der Waals surface area contributed by atoms with Crippen LogP contribution < -0.4 is 10.5 Å². The van der Waals surface area contributed by atoms with E-state index in [-0.39, 0.29) is 18.4 Å². The number of benzene rings is 2. The molecule has 1 fully saturated rings. The van der Waals surface area contributed by atoms with Crippen molar-refractivity contribution in [1.29, 1.82) is 0 Å². The first-order valence-electron chi connectivity index (χ1n) is 7.20. The Kier molecular flexibility index (Phi) is 5.45. The van der Waals surface area contributed by atoms with Crippen molar-refractivity contribution in [2.45, 2.75) is 18.9 Å². The van der Waals surface area contributed by atoms with Crippen molar-refractivity contribution in [2.75, 3.05) is 20.3 Å². The summed E-state index contributed by atoms with van der Waals surface area (Å²) >= 11 is 0. The lowest BCUT2D eigenvalue weighted by atomic mass is 9.85. The highest BCUT2D eigenvalue weighted by atomic mass is 35.5. The minimum Gasteiger partial charge on any atom is -0.496 e. The summed E-state index contributed by atoms with van der Waals surface area (Å²) in [6.45, 7) is 1.65. The van der Waals surface area contributed by atoms with Gasteiger partial charge in [0.15, 0.2) is 0 Å². The number of ether oxygens (including phenoxy) is 2. The van der Waals surface area contributed by atoms with Gasteiger partial charge in [-0.2, -0.15) is 0 Å². The van der Waals surface area contributed by atoms with Crippen LogP contribution in [0, 0.1) is 5.92 Å². The fourth-order valence-corrected chi connectivity index (χ4v) is 3.09. The molecule has 1 saturated heterocycles. The van der Waals surface area contributed by atoms with Crippen molar-refractivity contribution >= 4 is 23.2 Å². The maximum atomic E-state index is 6.53. The average Bonchev–Trinajstić information content (AvgIpc) is 2.54. The lowest BCUT2D eigenvalue weighted by Gasteiger charge is -2.28. The van der Waals surface area contributed by atoms with Crippen LogP contribution in [-0.4, -0.2) is 20.3 Å². The normalized spacial score (nSPS) is 17.2. The van der Waals surface area contributed by atoms with Crippen LogP contribution >= 0.6 is 12.4 Å². The van der Waals surface area contributed by atoms with Gasteiger partial charge in [-0.05, 0) is 35.8 Å². The van der Waals surface area contributed by atoms with Gasteiger partial charge in [0.1, 0.15) is 5.75 Å². The highest BCUT2D eigenvalue weighted by Gasteiger charge is 2.24. The summed E-state index contributed by atoms with van der Waals surface area (Å²) in [5.41, 5.74) is 7.75. The number of fused-ring (bicyclic) bond motifs is 1. The molecule has 3 nitrogen and oxygen atoms in total. The molecule has 2 aromatic rings. The molecule has 0 spiro atoms. The highest BCUT2D eigenvalue weighted by molar-refractivity contribution is 5.91. The summed E-state index contributed by atoms with van der Waals surface area (Å²) in [6.07, 6.45) is 2.09. The molecule has 0 bridgehead atoms. The third-order valence-corrected chi connectivity index (χ3v) is 4.27. The Labute approximate surface area is 131 Å². The summed E-state index contributed by atoms with van der Waals surface area (Å²) in [7, 11) is 1.71. The van der Waals surface area contributed by atoms with E-state index < -0.39 is 0 Å². The molecule has 1 atom stereocenters. The second kappa shape index (κ2) is 7.12. The van der Waals surface area contributed by atoms with E-state index >= 15 is 0 Å². The van der Waals surface area contributed by atoms with E-state index in [9.17, 15) is 0 Å². The van der Waals surface area contributed by atoms with Gasteiger partial charge in [0.25, 0.3) is 0 Å². The molecule has 114 valence electrons. The average molecular weight is 308 g/mol. The first kappa shape index (κ1) is 16.1. The minimum atomic E-state index is 0. The van der Waals surface area contributed by atoms with E-state index in [4.69, 9.17) is 15.2 Å². The maximum absolute atomic E-state index is 6.53. The minimum absolute atomic E-state index is 0. The zero-order chi connectivity index (χ0) is 13.9. The Hall–Kier alpha value is -1.29. The molecule has 0 aliphatic carbocycles. The van der Waals surface area contributed by atoms with E-state index in [1.165, 1.54) is 10.9 Å². The topological polar surface area (TPSA) is 44.5 Å². The number of hydrogen-bond acceptors (Lipinski definition) is 3. The van der Waals surface area contributed by atoms with Gasteiger partial charge in [-0.15, -0.1) is 12.4 Å². The Morgan fingerprint density at radius 3 is 2.43 bits per heavy atom. The second-order valence-electron chi connectivity index (χ2n) is 5.38. The summed E-state index contributed by atoms with van der Waals surface area (Å²) in [6, 6.07) is 12.5. The molecule has 1 aliphatic heterocycles. The van der Waals surface area contributed by atoms with Crippen molar-refractivity contribution in [3.63, 3.8) is 0 Å². The standard InChI is InChI=1S/C17H21NO2.ClH/c1-19-16-7-6-15(13-4-2-3-5-14(13)16)17(18)12-8-10-20-11-9-12;/h2-7,12,17H,8-11,18H2,1H3;1H/t17-;/m0./s1. The van der Waals surface area contributed by atoms with Crippen LogP contribution in [0.1, 0.15) is 24.4 Å². The number of nitrogens with two attached hydrogens (primary N) is 1. The Balaban J connectivity index is 0.00000161. The van der Waals surface area contributed by atoms with Crippen LogP contribution in [0.3, 0.4) is 0 Å². The molecule has 0 unspecified atom stereocenters. The van der Waals surface area contributed by atoms with Gasteiger partial charge in [0, 0.05) is 24.6 Å². The molecule has 4 heteroatoms. The van der Waals surface area contributed by atoms with E-state index in [1.54, 1.807) is 7.11 Å².